The molecule has 0 saturated heterocycles. The minimum Gasteiger partial charge on any atom is -0.493 e. The highest BCUT2D eigenvalue weighted by atomic mass is 16.5. The van der Waals surface area contributed by atoms with E-state index in [1.54, 1.807) is 4.68 Å². The largest absolute Gasteiger partial charge is 0.493 e. The molecule has 0 atom stereocenters. The van der Waals surface area contributed by atoms with Crippen molar-refractivity contribution >= 4 is 11.0 Å². The van der Waals surface area contributed by atoms with Crippen LogP contribution in [0.1, 0.15) is 24.5 Å². The van der Waals surface area contributed by atoms with Gasteiger partial charge in [-0.15, -0.1) is 0 Å². The third-order valence-electron chi connectivity index (χ3n) is 3.80. The molecule has 3 aromatic rings. The Morgan fingerprint density at radius 3 is 2.83 bits per heavy atom. The van der Waals surface area contributed by atoms with Crippen LogP contribution in [0.3, 0.4) is 0 Å². The van der Waals surface area contributed by atoms with E-state index in [9.17, 15) is 5.11 Å². The number of hydrogen-bond acceptors (Lipinski definition) is 4. The van der Waals surface area contributed by atoms with Crippen LogP contribution in [-0.4, -0.2) is 26.5 Å². The molecule has 0 fully saturated rings. The van der Waals surface area contributed by atoms with Crippen molar-refractivity contribution in [2.24, 2.45) is 7.05 Å². The lowest BCUT2D eigenvalue weighted by atomic mass is 10.0. The van der Waals surface area contributed by atoms with E-state index < -0.39 is 0 Å². The fraction of sp³-hybridized carbons (Fsp3) is 0.333. The smallest absolute Gasteiger partial charge is 0.181 e. The molecule has 1 N–H and O–H groups in total. The fourth-order valence-corrected chi connectivity index (χ4v) is 2.63. The predicted octanol–water partition coefficient (Wildman–Crippen LogP) is 3.22. The van der Waals surface area contributed by atoms with Crippen LogP contribution in [0.25, 0.3) is 22.3 Å². The van der Waals surface area contributed by atoms with Gasteiger partial charge in [-0.05, 0) is 43.2 Å². The number of aliphatic hydroxyl groups is 1. The van der Waals surface area contributed by atoms with E-state index in [4.69, 9.17) is 4.74 Å². The zero-order chi connectivity index (χ0) is 16.4. The van der Waals surface area contributed by atoms with Crippen LogP contribution in [0.4, 0.5) is 0 Å². The zero-order valence-corrected chi connectivity index (χ0v) is 13.7. The van der Waals surface area contributed by atoms with Gasteiger partial charge >= 0.3 is 0 Å². The molecule has 0 saturated carbocycles. The molecule has 0 radical (unpaired) electrons. The third-order valence-corrected chi connectivity index (χ3v) is 3.80. The maximum atomic E-state index is 9.60. The van der Waals surface area contributed by atoms with Crippen molar-refractivity contribution in [2.45, 2.75) is 26.9 Å². The van der Waals surface area contributed by atoms with Crippen LogP contribution in [0.15, 0.2) is 30.5 Å². The van der Waals surface area contributed by atoms with Gasteiger partial charge in [-0.3, -0.25) is 4.68 Å². The standard InChI is InChI=1S/C18H21N3O2/c1-4-7-23-17-6-5-13(9-14(17)11-22)16-8-12(2)15-10-21(3)20-18(15)19-16/h5-6,8-10,22H,4,7,11H2,1-3H3. The van der Waals surface area contributed by atoms with Gasteiger partial charge < -0.3 is 9.84 Å². The quantitative estimate of drug-likeness (QED) is 0.786. The Balaban J connectivity index is 2.04. The summed E-state index contributed by atoms with van der Waals surface area (Å²) in [5.41, 5.74) is 4.45. The van der Waals surface area contributed by atoms with Crippen molar-refractivity contribution in [3.05, 3.63) is 41.6 Å². The second-order valence-corrected chi connectivity index (χ2v) is 5.69. The van der Waals surface area contributed by atoms with Crippen LogP contribution < -0.4 is 4.74 Å². The highest BCUT2D eigenvalue weighted by Gasteiger charge is 2.10. The summed E-state index contributed by atoms with van der Waals surface area (Å²) in [7, 11) is 1.89. The van der Waals surface area contributed by atoms with Crippen molar-refractivity contribution in [3.63, 3.8) is 0 Å². The van der Waals surface area contributed by atoms with Gasteiger partial charge in [0.25, 0.3) is 0 Å². The van der Waals surface area contributed by atoms with Crippen LogP contribution in [0.2, 0.25) is 0 Å². The number of fused-ring (bicyclic) bond motifs is 1. The van der Waals surface area contributed by atoms with Gasteiger partial charge in [0.2, 0.25) is 0 Å². The van der Waals surface area contributed by atoms with E-state index in [0.29, 0.717) is 6.61 Å². The lowest BCUT2D eigenvalue weighted by Crippen LogP contribution is -1.99. The first-order valence-electron chi connectivity index (χ1n) is 7.80. The van der Waals surface area contributed by atoms with E-state index in [1.807, 2.05) is 37.5 Å². The minimum atomic E-state index is -0.0578. The fourth-order valence-electron chi connectivity index (χ4n) is 2.63. The molecular formula is C18H21N3O2. The van der Waals surface area contributed by atoms with Gasteiger partial charge in [0.05, 0.1) is 18.9 Å². The molecule has 0 bridgehead atoms. The van der Waals surface area contributed by atoms with Crippen LogP contribution in [0, 0.1) is 6.92 Å². The maximum absolute atomic E-state index is 9.60. The number of aromatic nitrogens is 3. The van der Waals surface area contributed by atoms with E-state index in [1.165, 1.54) is 0 Å². The molecule has 1 aromatic carbocycles. The van der Waals surface area contributed by atoms with E-state index in [2.05, 4.69) is 23.9 Å². The average Bonchev–Trinajstić information content (AvgIpc) is 2.93. The molecule has 0 aliphatic carbocycles. The van der Waals surface area contributed by atoms with Crippen molar-refractivity contribution in [1.29, 1.82) is 0 Å². The van der Waals surface area contributed by atoms with E-state index in [0.717, 1.165) is 45.6 Å². The molecule has 0 aliphatic heterocycles. The minimum absolute atomic E-state index is 0.0578. The topological polar surface area (TPSA) is 60.2 Å². The lowest BCUT2D eigenvalue weighted by Gasteiger charge is -2.11. The van der Waals surface area contributed by atoms with E-state index in [-0.39, 0.29) is 6.61 Å². The van der Waals surface area contributed by atoms with Gasteiger partial charge in [0, 0.05) is 29.8 Å². The van der Waals surface area contributed by atoms with Crippen LogP contribution in [0.5, 0.6) is 5.75 Å². The number of hydrogen-bond donors (Lipinski definition) is 1. The van der Waals surface area contributed by atoms with Gasteiger partial charge in [0.15, 0.2) is 5.65 Å². The number of aliphatic hydroxyl groups excluding tert-OH is 1. The summed E-state index contributed by atoms with van der Waals surface area (Å²) in [4.78, 5) is 4.64. The summed E-state index contributed by atoms with van der Waals surface area (Å²) in [5.74, 6) is 0.730. The SMILES string of the molecule is CCCOc1ccc(-c2cc(C)c3cn(C)nc3n2)cc1CO. The van der Waals surface area contributed by atoms with Gasteiger partial charge in [0.1, 0.15) is 5.75 Å². The summed E-state index contributed by atoms with van der Waals surface area (Å²) in [6, 6.07) is 7.85. The highest BCUT2D eigenvalue weighted by Crippen LogP contribution is 2.28. The number of nitrogens with zero attached hydrogens (tertiary/aromatic N) is 3. The summed E-state index contributed by atoms with van der Waals surface area (Å²) in [5, 5.41) is 15.1. The van der Waals surface area contributed by atoms with Crippen molar-refractivity contribution in [2.75, 3.05) is 6.61 Å². The first-order chi connectivity index (χ1) is 11.1. The predicted molar refractivity (Wildman–Crippen MR) is 90.4 cm³/mol. The normalized spacial score (nSPS) is 11.1. The van der Waals surface area contributed by atoms with Gasteiger partial charge in [-0.2, -0.15) is 5.10 Å². The Kier molecular flexibility index (Phi) is 4.30. The second-order valence-electron chi connectivity index (χ2n) is 5.69. The highest BCUT2D eigenvalue weighted by molar-refractivity contribution is 5.81. The molecule has 0 amide bonds. The molecule has 23 heavy (non-hydrogen) atoms. The van der Waals surface area contributed by atoms with Crippen molar-refractivity contribution in [3.8, 4) is 17.0 Å². The Labute approximate surface area is 135 Å². The van der Waals surface area contributed by atoms with Gasteiger partial charge in [-0.25, -0.2) is 4.98 Å². The second kappa shape index (κ2) is 6.38. The first-order valence-corrected chi connectivity index (χ1v) is 7.80. The average molecular weight is 311 g/mol. The Hall–Kier alpha value is -2.40. The summed E-state index contributed by atoms with van der Waals surface area (Å²) < 4.78 is 7.44. The number of benzene rings is 1. The molecule has 2 aromatic heterocycles. The maximum Gasteiger partial charge on any atom is 0.181 e. The molecule has 5 nitrogen and oxygen atoms in total. The number of aryl methyl sites for hydroxylation is 2. The number of pyridine rings is 1. The van der Waals surface area contributed by atoms with Crippen molar-refractivity contribution in [1.82, 2.24) is 14.8 Å². The first kappa shape index (κ1) is 15.5. The summed E-state index contributed by atoms with van der Waals surface area (Å²) >= 11 is 0. The summed E-state index contributed by atoms with van der Waals surface area (Å²) in [6.07, 6.45) is 2.91. The molecule has 0 spiro atoms. The van der Waals surface area contributed by atoms with Crippen LogP contribution in [-0.2, 0) is 13.7 Å². The Morgan fingerprint density at radius 2 is 2.09 bits per heavy atom. The molecule has 0 aliphatic rings. The monoisotopic (exact) mass is 311 g/mol. The van der Waals surface area contributed by atoms with E-state index >= 15 is 0 Å². The zero-order valence-electron chi connectivity index (χ0n) is 13.7. The molecule has 2 heterocycles. The molecule has 3 rings (SSSR count). The molecule has 120 valence electrons. The molecule has 5 heteroatoms. The Bertz CT molecular complexity index is 840. The van der Waals surface area contributed by atoms with Gasteiger partial charge in [-0.1, -0.05) is 6.92 Å². The van der Waals surface area contributed by atoms with Crippen LogP contribution >= 0.6 is 0 Å². The number of rotatable bonds is 5. The number of ether oxygens (including phenoxy) is 1. The van der Waals surface area contributed by atoms with Crippen molar-refractivity contribution < 1.29 is 9.84 Å². The summed E-state index contributed by atoms with van der Waals surface area (Å²) in [6.45, 7) is 4.70. The molecule has 0 unspecified atom stereocenters. The third kappa shape index (κ3) is 3.05. The molecular weight excluding hydrogens is 290 g/mol. The lowest BCUT2D eigenvalue weighted by molar-refractivity contribution is 0.263. The Morgan fingerprint density at radius 1 is 1.26 bits per heavy atom.